The van der Waals surface area contributed by atoms with Gasteiger partial charge < -0.3 is 0 Å². The molecule has 4 aromatic rings. The van der Waals surface area contributed by atoms with Crippen molar-refractivity contribution >= 4 is 22.4 Å². The van der Waals surface area contributed by atoms with Crippen molar-refractivity contribution in [2.24, 2.45) is 0 Å². The molecule has 0 spiro atoms. The number of thiazole rings is 1. The van der Waals surface area contributed by atoms with E-state index in [-0.39, 0.29) is 11.5 Å². The summed E-state index contributed by atoms with van der Waals surface area (Å²) in [5.41, 5.74) is 3.06. The second-order valence-electron chi connectivity index (χ2n) is 5.89. The fourth-order valence-corrected chi connectivity index (χ4v) is 3.74. The Morgan fingerprint density at radius 2 is 1.52 bits per heavy atom. The summed E-state index contributed by atoms with van der Waals surface area (Å²) in [7, 11) is 0. The molecule has 3 aromatic carbocycles. The molecule has 1 amide bonds. The van der Waals surface area contributed by atoms with E-state index in [0.717, 1.165) is 21.7 Å². The molecular weight excluding hydrogens is 359 g/mol. The number of carbonyl (C=O) groups excluding carboxylic acids is 1. The number of hydrogen-bond acceptors (Lipinski definition) is 3. The van der Waals surface area contributed by atoms with Crippen molar-refractivity contribution < 1.29 is 9.18 Å². The first-order valence-corrected chi connectivity index (χ1v) is 9.21. The highest BCUT2D eigenvalue weighted by Gasteiger charge is 2.17. The molecule has 0 fully saturated rings. The standard InChI is InChI=1S/C22H15FN2OS/c23-18-13-7-12-17(14-18)21(26)25-22-24-19(15-8-3-1-4-9-15)20(27-22)16-10-5-2-6-11-16/h1-14H,(H,24,25,26). The number of anilines is 1. The number of nitrogens with zero attached hydrogens (tertiary/aromatic N) is 1. The number of carbonyl (C=O) groups is 1. The topological polar surface area (TPSA) is 42.0 Å². The van der Waals surface area contributed by atoms with E-state index in [1.54, 1.807) is 6.07 Å². The number of aromatic nitrogens is 1. The van der Waals surface area contributed by atoms with Gasteiger partial charge in [0.1, 0.15) is 5.82 Å². The molecule has 1 aromatic heterocycles. The van der Waals surface area contributed by atoms with Crippen LogP contribution in [0.3, 0.4) is 0 Å². The smallest absolute Gasteiger partial charge is 0.257 e. The molecule has 132 valence electrons. The van der Waals surface area contributed by atoms with Crippen molar-refractivity contribution in [1.29, 1.82) is 0 Å². The van der Waals surface area contributed by atoms with E-state index in [2.05, 4.69) is 10.3 Å². The predicted octanol–water partition coefficient (Wildman–Crippen LogP) is 5.87. The number of rotatable bonds is 4. The van der Waals surface area contributed by atoms with E-state index in [0.29, 0.717) is 5.13 Å². The van der Waals surface area contributed by atoms with Gasteiger partial charge in [-0.1, -0.05) is 78.1 Å². The van der Waals surface area contributed by atoms with Gasteiger partial charge in [0.25, 0.3) is 5.91 Å². The van der Waals surface area contributed by atoms with Gasteiger partial charge in [0.05, 0.1) is 10.6 Å². The molecular formula is C22H15FN2OS. The number of benzene rings is 3. The minimum atomic E-state index is -0.447. The first-order valence-electron chi connectivity index (χ1n) is 8.39. The minimum absolute atomic E-state index is 0.257. The van der Waals surface area contributed by atoms with Gasteiger partial charge in [-0.15, -0.1) is 0 Å². The zero-order valence-electron chi connectivity index (χ0n) is 14.2. The molecule has 0 saturated heterocycles. The Balaban J connectivity index is 1.72. The Morgan fingerprint density at radius 1 is 0.852 bits per heavy atom. The zero-order valence-corrected chi connectivity index (χ0v) is 15.0. The minimum Gasteiger partial charge on any atom is -0.298 e. The first-order chi connectivity index (χ1) is 13.2. The Kier molecular flexibility index (Phi) is 4.77. The normalized spacial score (nSPS) is 10.6. The van der Waals surface area contributed by atoms with Gasteiger partial charge >= 0.3 is 0 Å². The van der Waals surface area contributed by atoms with Crippen LogP contribution in [0.1, 0.15) is 10.4 Å². The van der Waals surface area contributed by atoms with Crippen molar-refractivity contribution in [1.82, 2.24) is 4.98 Å². The molecule has 0 aliphatic rings. The fourth-order valence-electron chi connectivity index (χ4n) is 2.75. The number of nitrogens with one attached hydrogen (secondary N) is 1. The summed E-state index contributed by atoms with van der Waals surface area (Å²) in [5.74, 6) is -0.834. The molecule has 1 N–H and O–H groups in total. The van der Waals surface area contributed by atoms with E-state index in [1.807, 2.05) is 60.7 Å². The summed E-state index contributed by atoms with van der Waals surface area (Å²) in [6.07, 6.45) is 0. The lowest BCUT2D eigenvalue weighted by atomic mass is 10.1. The molecule has 0 aliphatic carbocycles. The highest BCUT2D eigenvalue weighted by molar-refractivity contribution is 7.19. The van der Waals surface area contributed by atoms with Gasteiger partial charge in [-0.3, -0.25) is 10.1 Å². The van der Waals surface area contributed by atoms with Gasteiger partial charge in [0.15, 0.2) is 5.13 Å². The lowest BCUT2D eigenvalue weighted by Gasteiger charge is -2.02. The average molecular weight is 374 g/mol. The molecule has 3 nitrogen and oxygen atoms in total. The molecule has 0 aliphatic heterocycles. The van der Waals surface area contributed by atoms with E-state index in [1.165, 1.54) is 29.5 Å². The molecule has 1 heterocycles. The van der Waals surface area contributed by atoms with Gasteiger partial charge in [-0.2, -0.15) is 0 Å². The molecule has 0 bridgehead atoms. The summed E-state index contributed by atoms with van der Waals surface area (Å²) in [5, 5.41) is 3.26. The number of amides is 1. The van der Waals surface area contributed by atoms with Crippen molar-refractivity contribution in [2.45, 2.75) is 0 Å². The molecule has 0 unspecified atom stereocenters. The number of halogens is 1. The van der Waals surface area contributed by atoms with Crippen molar-refractivity contribution in [3.05, 3.63) is 96.3 Å². The average Bonchev–Trinajstić information content (AvgIpc) is 3.13. The lowest BCUT2D eigenvalue weighted by molar-refractivity contribution is 0.102. The van der Waals surface area contributed by atoms with E-state index < -0.39 is 5.82 Å². The summed E-state index contributed by atoms with van der Waals surface area (Å²) in [6.45, 7) is 0. The van der Waals surface area contributed by atoms with Crippen LogP contribution in [0.25, 0.3) is 21.7 Å². The summed E-state index contributed by atoms with van der Waals surface area (Å²) >= 11 is 1.40. The maximum absolute atomic E-state index is 13.4. The lowest BCUT2D eigenvalue weighted by Crippen LogP contribution is -2.11. The van der Waals surface area contributed by atoms with E-state index in [9.17, 15) is 9.18 Å². The van der Waals surface area contributed by atoms with Crippen LogP contribution in [0.5, 0.6) is 0 Å². The van der Waals surface area contributed by atoms with Crippen molar-refractivity contribution in [2.75, 3.05) is 5.32 Å². The van der Waals surface area contributed by atoms with Crippen molar-refractivity contribution in [3.63, 3.8) is 0 Å². The summed E-state index contributed by atoms with van der Waals surface area (Å²) in [6, 6.07) is 25.3. The van der Waals surface area contributed by atoms with Crippen LogP contribution in [-0.2, 0) is 0 Å². The van der Waals surface area contributed by atoms with Gasteiger partial charge in [-0.05, 0) is 23.8 Å². The fraction of sp³-hybridized carbons (Fsp3) is 0. The molecule has 27 heavy (non-hydrogen) atoms. The van der Waals surface area contributed by atoms with E-state index >= 15 is 0 Å². The first kappa shape index (κ1) is 17.1. The Bertz CT molecular complexity index is 1020. The Hall–Kier alpha value is -3.31. The molecule has 0 saturated carbocycles. The van der Waals surface area contributed by atoms with Gasteiger partial charge in [0.2, 0.25) is 0 Å². The van der Waals surface area contributed by atoms with Crippen LogP contribution in [-0.4, -0.2) is 10.9 Å². The van der Waals surface area contributed by atoms with E-state index in [4.69, 9.17) is 0 Å². The predicted molar refractivity (Wildman–Crippen MR) is 107 cm³/mol. The monoisotopic (exact) mass is 374 g/mol. The Morgan fingerprint density at radius 3 is 2.19 bits per heavy atom. The molecule has 0 atom stereocenters. The molecule has 5 heteroatoms. The summed E-state index contributed by atoms with van der Waals surface area (Å²) in [4.78, 5) is 18.1. The highest BCUT2D eigenvalue weighted by Crippen LogP contribution is 2.38. The molecule has 0 radical (unpaired) electrons. The van der Waals surface area contributed by atoms with Gasteiger partial charge in [0, 0.05) is 11.1 Å². The van der Waals surface area contributed by atoms with Crippen molar-refractivity contribution in [3.8, 4) is 21.7 Å². The second kappa shape index (κ2) is 7.51. The highest BCUT2D eigenvalue weighted by atomic mass is 32.1. The Labute approximate surface area is 160 Å². The van der Waals surface area contributed by atoms with Crippen LogP contribution in [0.2, 0.25) is 0 Å². The third kappa shape index (κ3) is 3.78. The largest absolute Gasteiger partial charge is 0.298 e. The van der Waals surface area contributed by atoms with Crippen LogP contribution in [0.4, 0.5) is 9.52 Å². The SMILES string of the molecule is O=C(Nc1nc(-c2ccccc2)c(-c2ccccc2)s1)c1cccc(F)c1. The zero-order chi connectivity index (χ0) is 18.6. The van der Waals surface area contributed by atoms with Crippen LogP contribution >= 0.6 is 11.3 Å². The maximum atomic E-state index is 13.4. The quantitative estimate of drug-likeness (QED) is 0.485. The third-order valence-corrected chi connectivity index (χ3v) is 5.04. The second-order valence-corrected chi connectivity index (χ2v) is 6.89. The number of hydrogen-bond donors (Lipinski definition) is 1. The maximum Gasteiger partial charge on any atom is 0.257 e. The van der Waals surface area contributed by atoms with Crippen LogP contribution in [0, 0.1) is 5.82 Å². The third-order valence-electron chi connectivity index (χ3n) is 4.02. The summed E-state index contributed by atoms with van der Waals surface area (Å²) < 4.78 is 13.4. The van der Waals surface area contributed by atoms with Crippen LogP contribution < -0.4 is 5.32 Å². The van der Waals surface area contributed by atoms with Gasteiger partial charge in [-0.25, -0.2) is 9.37 Å². The molecule has 4 rings (SSSR count). The van der Waals surface area contributed by atoms with Crippen LogP contribution in [0.15, 0.2) is 84.9 Å².